The lowest BCUT2D eigenvalue weighted by molar-refractivity contribution is -0.134. The highest BCUT2D eigenvalue weighted by Crippen LogP contribution is 2.42. The fraction of sp³-hybridized carbons (Fsp3) is 0.909. The van der Waals surface area contributed by atoms with Crippen molar-refractivity contribution in [3.05, 3.63) is 0 Å². The molecule has 0 radical (unpaired) electrons. The number of amides is 1. The van der Waals surface area contributed by atoms with Crippen LogP contribution in [0.3, 0.4) is 0 Å². The number of carbonyl (C=O) groups excluding carboxylic acids is 1. The van der Waals surface area contributed by atoms with Gasteiger partial charge in [0, 0.05) is 24.4 Å². The van der Waals surface area contributed by atoms with Crippen LogP contribution in [-0.2, 0) is 9.53 Å². The summed E-state index contributed by atoms with van der Waals surface area (Å²) >= 11 is 1.88. The minimum absolute atomic E-state index is 0.0347. The first kappa shape index (κ1) is 12.2. The number of carbonyl (C=O) groups is 1. The van der Waals surface area contributed by atoms with Gasteiger partial charge in [0.25, 0.3) is 5.91 Å². The van der Waals surface area contributed by atoms with Gasteiger partial charge in [0.1, 0.15) is 6.10 Å². The highest BCUT2D eigenvalue weighted by Gasteiger charge is 2.37. The number of hydrogen-bond donors (Lipinski definition) is 2. The van der Waals surface area contributed by atoms with Crippen molar-refractivity contribution in [1.29, 1.82) is 0 Å². The fourth-order valence-electron chi connectivity index (χ4n) is 2.12. The molecular formula is C11H20N2O2S. The van der Waals surface area contributed by atoms with E-state index < -0.39 is 0 Å². The topological polar surface area (TPSA) is 50.4 Å². The summed E-state index contributed by atoms with van der Waals surface area (Å²) in [5.74, 6) is 0.0347. The van der Waals surface area contributed by atoms with Gasteiger partial charge in [-0.3, -0.25) is 4.79 Å². The highest BCUT2D eigenvalue weighted by atomic mass is 32.2. The Morgan fingerprint density at radius 1 is 1.62 bits per heavy atom. The van der Waals surface area contributed by atoms with Gasteiger partial charge in [-0.2, -0.15) is 11.8 Å². The van der Waals surface area contributed by atoms with Crippen molar-refractivity contribution in [3.63, 3.8) is 0 Å². The molecule has 1 aliphatic carbocycles. The van der Waals surface area contributed by atoms with Crippen molar-refractivity contribution in [1.82, 2.24) is 10.6 Å². The largest absolute Gasteiger partial charge is 0.366 e. The number of thioether (sulfide) groups is 1. The molecule has 1 atom stereocenters. The van der Waals surface area contributed by atoms with E-state index in [1.807, 2.05) is 11.8 Å². The van der Waals surface area contributed by atoms with Crippen LogP contribution in [0.4, 0.5) is 0 Å². The van der Waals surface area contributed by atoms with Crippen LogP contribution >= 0.6 is 11.8 Å². The number of morpholine rings is 1. The predicted molar refractivity (Wildman–Crippen MR) is 65.7 cm³/mol. The molecule has 4 nitrogen and oxygen atoms in total. The van der Waals surface area contributed by atoms with E-state index in [0.29, 0.717) is 17.9 Å². The molecule has 1 aliphatic heterocycles. The van der Waals surface area contributed by atoms with Gasteiger partial charge in [0.2, 0.25) is 0 Å². The standard InChI is InChI=1S/C11H20N2O2S/c1-16-11(3-2-4-11)8-13-10(14)9-7-12-5-6-15-9/h9,12H,2-8H2,1H3,(H,13,14). The van der Waals surface area contributed by atoms with Crippen molar-refractivity contribution in [2.24, 2.45) is 0 Å². The Hall–Kier alpha value is -0.260. The predicted octanol–water partition coefficient (Wildman–Crippen LogP) is 0.377. The SMILES string of the molecule is CSC1(CNC(=O)C2CNCCO2)CCC1. The molecule has 0 aromatic heterocycles. The van der Waals surface area contributed by atoms with Gasteiger partial charge in [-0.1, -0.05) is 6.42 Å². The normalized spacial score (nSPS) is 28.2. The molecule has 1 amide bonds. The third-order valence-electron chi connectivity index (χ3n) is 3.50. The molecule has 0 aromatic rings. The number of nitrogens with one attached hydrogen (secondary N) is 2. The van der Waals surface area contributed by atoms with Crippen molar-refractivity contribution in [3.8, 4) is 0 Å². The maximum atomic E-state index is 11.8. The maximum Gasteiger partial charge on any atom is 0.250 e. The van der Waals surface area contributed by atoms with Gasteiger partial charge in [-0.15, -0.1) is 0 Å². The van der Waals surface area contributed by atoms with E-state index in [2.05, 4.69) is 16.9 Å². The Bertz CT molecular complexity index is 245. The molecule has 2 fully saturated rings. The molecule has 2 rings (SSSR count). The quantitative estimate of drug-likeness (QED) is 0.750. The summed E-state index contributed by atoms with van der Waals surface area (Å²) in [6, 6.07) is 0. The zero-order chi connectivity index (χ0) is 11.4. The summed E-state index contributed by atoms with van der Waals surface area (Å²) in [7, 11) is 0. The van der Waals surface area contributed by atoms with Crippen LogP contribution in [0.15, 0.2) is 0 Å². The summed E-state index contributed by atoms with van der Waals surface area (Å²) in [5.41, 5.74) is 0. The first-order valence-corrected chi connectivity index (χ1v) is 7.13. The lowest BCUT2D eigenvalue weighted by atomic mass is 9.84. The second kappa shape index (κ2) is 5.38. The number of ether oxygens (including phenoxy) is 1. The van der Waals surface area contributed by atoms with E-state index in [9.17, 15) is 4.79 Å². The summed E-state index contributed by atoms with van der Waals surface area (Å²) in [6.45, 7) is 2.90. The van der Waals surface area contributed by atoms with E-state index in [1.165, 1.54) is 19.3 Å². The average molecular weight is 244 g/mol. The second-order valence-electron chi connectivity index (χ2n) is 4.52. The Morgan fingerprint density at radius 3 is 2.94 bits per heavy atom. The number of hydrogen-bond acceptors (Lipinski definition) is 4. The van der Waals surface area contributed by atoms with Crippen molar-refractivity contribution in [2.45, 2.75) is 30.1 Å². The molecule has 0 spiro atoms. The van der Waals surface area contributed by atoms with Gasteiger partial charge in [0.05, 0.1) is 6.61 Å². The minimum Gasteiger partial charge on any atom is -0.366 e. The van der Waals surface area contributed by atoms with E-state index in [4.69, 9.17) is 4.74 Å². The monoisotopic (exact) mass is 244 g/mol. The Labute approximate surface area is 101 Å². The molecule has 2 aliphatic rings. The van der Waals surface area contributed by atoms with E-state index in [1.54, 1.807) is 0 Å². The lowest BCUT2D eigenvalue weighted by Gasteiger charge is -2.40. The molecule has 5 heteroatoms. The maximum absolute atomic E-state index is 11.8. The smallest absolute Gasteiger partial charge is 0.250 e. The van der Waals surface area contributed by atoms with E-state index in [0.717, 1.165) is 13.1 Å². The third-order valence-corrected chi connectivity index (χ3v) is 4.92. The lowest BCUT2D eigenvalue weighted by Crippen LogP contribution is -2.52. The van der Waals surface area contributed by atoms with Gasteiger partial charge < -0.3 is 15.4 Å². The molecular weight excluding hydrogens is 224 g/mol. The Balaban J connectivity index is 1.74. The molecule has 0 bridgehead atoms. The summed E-state index contributed by atoms with van der Waals surface area (Å²) in [6.07, 6.45) is 5.56. The van der Waals surface area contributed by atoms with Crippen LogP contribution in [0.25, 0.3) is 0 Å². The summed E-state index contributed by atoms with van der Waals surface area (Å²) < 4.78 is 5.71. The van der Waals surface area contributed by atoms with Crippen LogP contribution in [0, 0.1) is 0 Å². The molecule has 1 saturated carbocycles. The van der Waals surface area contributed by atoms with Crippen LogP contribution in [0.2, 0.25) is 0 Å². The van der Waals surface area contributed by atoms with Crippen molar-refractivity contribution in [2.75, 3.05) is 32.5 Å². The summed E-state index contributed by atoms with van der Waals surface area (Å²) in [5, 5.41) is 6.19. The first-order chi connectivity index (χ1) is 7.76. The van der Waals surface area contributed by atoms with E-state index in [-0.39, 0.29) is 12.0 Å². The fourth-order valence-corrected chi connectivity index (χ4v) is 3.03. The first-order valence-electron chi connectivity index (χ1n) is 5.91. The molecule has 1 unspecified atom stereocenters. The second-order valence-corrected chi connectivity index (χ2v) is 5.80. The highest BCUT2D eigenvalue weighted by molar-refractivity contribution is 8.00. The van der Waals surface area contributed by atoms with Crippen LogP contribution < -0.4 is 10.6 Å². The zero-order valence-electron chi connectivity index (χ0n) is 9.75. The molecule has 92 valence electrons. The van der Waals surface area contributed by atoms with Crippen molar-refractivity contribution >= 4 is 17.7 Å². The van der Waals surface area contributed by atoms with Crippen molar-refractivity contribution < 1.29 is 9.53 Å². The minimum atomic E-state index is -0.298. The van der Waals surface area contributed by atoms with Gasteiger partial charge >= 0.3 is 0 Å². The molecule has 1 heterocycles. The third kappa shape index (κ3) is 2.70. The van der Waals surface area contributed by atoms with Gasteiger partial charge in [-0.05, 0) is 19.1 Å². The van der Waals surface area contributed by atoms with Crippen LogP contribution in [0.1, 0.15) is 19.3 Å². The van der Waals surface area contributed by atoms with Crippen LogP contribution in [0.5, 0.6) is 0 Å². The Morgan fingerprint density at radius 2 is 2.44 bits per heavy atom. The molecule has 2 N–H and O–H groups in total. The Kier molecular flexibility index (Phi) is 4.10. The number of rotatable bonds is 4. The van der Waals surface area contributed by atoms with Crippen LogP contribution in [-0.4, -0.2) is 49.3 Å². The van der Waals surface area contributed by atoms with Gasteiger partial charge in [0.15, 0.2) is 0 Å². The molecule has 1 saturated heterocycles. The van der Waals surface area contributed by atoms with Gasteiger partial charge in [-0.25, -0.2) is 0 Å². The van der Waals surface area contributed by atoms with E-state index >= 15 is 0 Å². The summed E-state index contributed by atoms with van der Waals surface area (Å²) in [4.78, 5) is 11.8. The molecule has 16 heavy (non-hydrogen) atoms. The average Bonchev–Trinajstić information content (AvgIpc) is 2.29. The molecule has 0 aromatic carbocycles. The zero-order valence-corrected chi connectivity index (χ0v) is 10.6.